The van der Waals surface area contributed by atoms with Crippen LogP contribution in [0.2, 0.25) is 0 Å². The van der Waals surface area contributed by atoms with Crippen LogP contribution >= 0.6 is 11.3 Å². The van der Waals surface area contributed by atoms with Crippen molar-refractivity contribution in [1.29, 1.82) is 0 Å². The number of thiazole rings is 1. The lowest BCUT2D eigenvalue weighted by Gasteiger charge is -2.11. The number of aryl methyl sites for hydroxylation is 3. The van der Waals surface area contributed by atoms with Gasteiger partial charge in [0.2, 0.25) is 0 Å². The third-order valence-corrected chi connectivity index (χ3v) is 5.98. The molecule has 4 nitrogen and oxygen atoms in total. The Bertz CT molecular complexity index is 975. The van der Waals surface area contributed by atoms with Crippen molar-refractivity contribution in [1.82, 2.24) is 4.98 Å². The first-order valence-corrected chi connectivity index (χ1v) is 9.84. The molecule has 0 unspecified atom stereocenters. The first-order chi connectivity index (χ1) is 11.3. The Kier molecular flexibility index (Phi) is 4.43. The molecule has 0 amide bonds. The monoisotopic (exact) mass is 358 g/mol. The molecule has 0 bridgehead atoms. The van der Waals surface area contributed by atoms with Gasteiger partial charge in [-0.25, -0.2) is 13.4 Å². The summed E-state index contributed by atoms with van der Waals surface area (Å²) >= 11 is 1.59. The lowest BCUT2D eigenvalue weighted by Crippen LogP contribution is -2.14. The van der Waals surface area contributed by atoms with E-state index in [1.54, 1.807) is 36.5 Å². The topological polar surface area (TPSA) is 59.1 Å². The minimum absolute atomic E-state index is 0.307. The predicted molar refractivity (Wildman–Crippen MR) is 99.0 cm³/mol. The van der Waals surface area contributed by atoms with Gasteiger partial charge in [0.1, 0.15) is 0 Å². The number of hydrogen-bond donors (Lipinski definition) is 1. The molecule has 0 saturated heterocycles. The van der Waals surface area contributed by atoms with Crippen LogP contribution in [0, 0.1) is 20.8 Å². The molecule has 0 spiro atoms. The van der Waals surface area contributed by atoms with Crippen LogP contribution in [0.25, 0.3) is 11.3 Å². The number of anilines is 1. The maximum absolute atomic E-state index is 12.6. The average molecular weight is 358 g/mol. The van der Waals surface area contributed by atoms with Crippen molar-refractivity contribution in [2.24, 2.45) is 0 Å². The Hall–Kier alpha value is -2.18. The van der Waals surface area contributed by atoms with Gasteiger partial charge in [-0.1, -0.05) is 24.3 Å². The Morgan fingerprint density at radius 3 is 2.33 bits per heavy atom. The van der Waals surface area contributed by atoms with Gasteiger partial charge in [0.15, 0.2) is 0 Å². The van der Waals surface area contributed by atoms with Gasteiger partial charge in [-0.05, 0) is 50.1 Å². The van der Waals surface area contributed by atoms with Crippen molar-refractivity contribution in [3.8, 4) is 11.3 Å². The van der Waals surface area contributed by atoms with E-state index in [1.165, 1.54) is 0 Å². The first kappa shape index (κ1) is 16.7. The molecule has 0 aliphatic rings. The first-order valence-electron chi connectivity index (χ1n) is 7.48. The second kappa shape index (κ2) is 6.37. The van der Waals surface area contributed by atoms with Crippen LogP contribution in [0.5, 0.6) is 0 Å². The molecule has 3 aromatic rings. The predicted octanol–water partition coefficient (Wildman–Crippen LogP) is 4.54. The maximum Gasteiger partial charge on any atom is 0.262 e. The van der Waals surface area contributed by atoms with E-state index < -0.39 is 10.0 Å². The third-order valence-electron chi connectivity index (χ3n) is 3.69. The molecule has 0 saturated carbocycles. The van der Waals surface area contributed by atoms with Gasteiger partial charge < -0.3 is 0 Å². The quantitative estimate of drug-likeness (QED) is 0.745. The molecule has 124 valence electrons. The number of benzene rings is 2. The van der Waals surface area contributed by atoms with Crippen LogP contribution in [0.15, 0.2) is 52.7 Å². The van der Waals surface area contributed by atoms with Crippen LogP contribution in [0.1, 0.15) is 16.1 Å². The molecule has 2 aromatic carbocycles. The van der Waals surface area contributed by atoms with Gasteiger partial charge in [0.25, 0.3) is 10.0 Å². The zero-order valence-electron chi connectivity index (χ0n) is 13.7. The lowest BCUT2D eigenvalue weighted by molar-refractivity contribution is 0.600. The van der Waals surface area contributed by atoms with Crippen LogP contribution in [-0.4, -0.2) is 13.4 Å². The van der Waals surface area contributed by atoms with Crippen LogP contribution in [0.4, 0.5) is 5.69 Å². The molecule has 1 aromatic heterocycles. The average Bonchev–Trinajstić information content (AvgIpc) is 2.96. The summed E-state index contributed by atoms with van der Waals surface area (Å²) in [6, 6.07) is 12.7. The highest BCUT2D eigenvalue weighted by Crippen LogP contribution is 2.25. The van der Waals surface area contributed by atoms with Gasteiger partial charge in [-0.3, -0.25) is 4.72 Å². The summed E-state index contributed by atoms with van der Waals surface area (Å²) in [7, 11) is -3.60. The fourth-order valence-corrected chi connectivity index (χ4v) is 4.42. The molecule has 6 heteroatoms. The zero-order chi connectivity index (χ0) is 17.3. The van der Waals surface area contributed by atoms with Gasteiger partial charge in [-0.15, -0.1) is 11.3 Å². The van der Waals surface area contributed by atoms with E-state index >= 15 is 0 Å². The van der Waals surface area contributed by atoms with Crippen LogP contribution in [-0.2, 0) is 10.0 Å². The van der Waals surface area contributed by atoms with Crippen molar-refractivity contribution in [3.63, 3.8) is 0 Å². The number of nitrogens with one attached hydrogen (secondary N) is 1. The Balaban J connectivity index is 1.86. The molecule has 0 aliphatic carbocycles. The smallest absolute Gasteiger partial charge is 0.262 e. The van der Waals surface area contributed by atoms with Gasteiger partial charge in [0, 0.05) is 16.6 Å². The fourth-order valence-electron chi connectivity index (χ4n) is 2.41. The molecular formula is C18H18N2O2S2. The molecule has 24 heavy (non-hydrogen) atoms. The number of nitrogens with zero attached hydrogens (tertiary/aromatic N) is 1. The molecule has 3 rings (SSSR count). The molecule has 1 N–H and O–H groups in total. The lowest BCUT2D eigenvalue weighted by atomic mass is 10.1. The highest BCUT2D eigenvalue weighted by Gasteiger charge is 2.17. The highest BCUT2D eigenvalue weighted by atomic mass is 32.2. The van der Waals surface area contributed by atoms with Crippen molar-refractivity contribution < 1.29 is 8.42 Å². The molecular weight excluding hydrogens is 340 g/mol. The van der Waals surface area contributed by atoms with Gasteiger partial charge in [0.05, 0.1) is 15.6 Å². The standard InChI is InChI=1S/C18H18N2O2S2/c1-12-4-5-13(2)18(10-12)24(21,22)20-16-8-6-15(7-9-16)17-11-23-14(3)19-17/h4-11,20H,1-3H3. The molecule has 0 radical (unpaired) electrons. The Morgan fingerprint density at radius 1 is 1.00 bits per heavy atom. The highest BCUT2D eigenvalue weighted by molar-refractivity contribution is 7.92. The molecule has 0 atom stereocenters. The van der Waals surface area contributed by atoms with Crippen LogP contribution < -0.4 is 4.72 Å². The normalized spacial score (nSPS) is 11.5. The van der Waals surface area contributed by atoms with Crippen molar-refractivity contribution in [3.05, 3.63) is 64.0 Å². The SMILES string of the molecule is Cc1ccc(C)c(S(=O)(=O)Nc2ccc(-c3csc(C)n3)cc2)c1. The Labute approximate surface area is 146 Å². The van der Waals surface area contributed by atoms with Crippen LogP contribution in [0.3, 0.4) is 0 Å². The van der Waals surface area contributed by atoms with E-state index in [1.807, 2.05) is 43.5 Å². The summed E-state index contributed by atoms with van der Waals surface area (Å²) < 4.78 is 27.9. The largest absolute Gasteiger partial charge is 0.280 e. The van der Waals surface area contributed by atoms with Gasteiger partial charge >= 0.3 is 0 Å². The minimum atomic E-state index is -3.60. The van der Waals surface area contributed by atoms with E-state index in [2.05, 4.69) is 9.71 Å². The zero-order valence-corrected chi connectivity index (χ0v) is 15.3. The van der Waals surface area contributed by atoms with E-state index in [-0.39, 0.29) is 0 Å². The number of hydrogen-bond acceptors (Lipinski definition) is 4. The number of rotatable bonds is 4. The second-order valence-corrected chi connectivity index (χ2v) is 8.42. The Morgan fingerprint density at radius 2 is 1.71 bits per heavy atom. The summed E-state index contributed by atoms with van der Waals surface area (Å²) in [6.45, 7) is 5.63. The van der Waals surface area contributed by atoms with E-state index in [0.29, 0.717) is 10.6 Å². The van der Waals surface area contributed by atoms with E-state index in [0.717, 1.165) is 27.4 Å². The van der Waals surface area contributed by atoms with Crippen molar-refractivity contribution >= 4 is 27.0 Å². The maximum atomic E-state index is 12.6. The summed E-state index contributed by atoms with van der Waals surface area (Å²) in [4.78, 5) is 4.74. The van der Waals surface area contributed by atoms with Crippen molar-refractivity contribution in [2.45, 2.75) is 25.7 Å². The van der Waals surface area contributed by atoms with Crippen molar-refractivity contribution in [2.75, 3.05) is 4.72 Å². The fraction of sp³-hybridized carbons (Fsp3) is 0.167. The summed E-state index contributed by atoms with van der Waals surface area (Å²) in [5, 5.41) is 3.00. The summed E-state index contributed by atoms with van der Waals surface area (Å²) in [5.41, 5.74) is 4.04. The molecule has 1 heterocycles. The second-order valence-electron chi connectivity index (χ2n) is 5.70. The summed E-state index contributed by atoms with van der Waals surface area (Å²) in [5.74, 6) is 0. The number of sulfonamides is 1. The summed E-state index contributed by atoms with van der Waals surface area (Å²) in [6.07, 6.45) is 0. The van der Waals surface area contributed by atoms with Gasteiger partial charge in [-0.2, -0.15) is 0 Å². The number of aromatic nitrogens is 1. The molecule has 0 fully saturated rings. The van der Waals surface area contributed by atoms with E-state index in [4.69, 9.17) is 0 Å². The third kappa shape index (κ3) is 3.49. The van der Waals surface area contributed by atoms with E-state index in [9.17, 15) is 8.42 Å². The minimum Gasteiger partial charge on any atom is -0.280 e. The molecule has 0 aliphatic heterocycles.